The lowest BCUT2D eigenvalue weighted by atomic mass is 10.2. The zero-order valence-corrected chi connectivity index (χ0v) is 12.4. The Morgan fingerprint density at radius 1 is 1.24 bits per heavy atom. The summed E-state index contributed by atoms with van der Waals surface area (Å²) in [7, 11) is 0. The number of ether oxygens (including phenoxy) is 1. The molecule has 1 heterocycles. The van der Waals surface area contributed by atoms with Crippen molar-refractivity contribution in [1.29, 1.82) is 0 Å². The molecule has 1 amide bonds. The highest BCUT2D eigenvalue weighted by molar-refractivity contribution is 5.78. The molecule has 1 aromatic heterocycles. The minimum atomic E-state index is -0.0199. The van der Waals surface area contributed by atoms with Gasteiger partial charge in [0.1, 0.15) is 12.4 Å². The fourth-order valence-corrected chi connectivity index (χ4v) is 1.92. The van der Waals surface area contributed by atoms with E-state index >= 15 is 0 Å². The second-order valence-electron chi connectivity index (χ2n) is 5.00. The van der Waals surface area contributed by atoms with E-state index in [0.29, 0.717) is 19.6 Å². The van der Waals surface area contributed by atoms with Gasteiger partial charge in [0.2, 0.25) is 5.91 Å². The van der Waals surface area contributed by atoms with E-state index in [4.69, 9.17) is 4.74 Å². The van der Waals surface area contributed by atoms with Gasteiger partial charge < -0.3 is 10.1 Å². The molecule has 0 atom stereocenters. The maximum Gasteiger partial charge on any atom is 0.224 e. The summed E-state index contributed by atoms with van der Waals surface area (Å²) in [5.74, 6) is 0.806. The molecule has 21 heavy (non-hydrogen) atoms. The SMILES string of the molecule is Cc1cccc(OCCNC(=O)Cc2ccc(C)nc2)c1. The highest BCUT2D eigenvalue weighted by Gasteiger charge is 2.03. The number of aryl methyl sites for hydroxylation is 2. The van der Waals surface area contributed by atoms with Crippen molar-refractivity contribution in [2.75, 3.05) is 13.2 Å². The lowest BCUT2D eigenvalue weighted by Gasteiger charge is -2.08. The van der Waals surface area contributed by atoms with Crippen LogP contribution in [0, 0.1) is 13.8 Å². The van der Waals surface area contributed by atoms with Gasteiger partial charge in [0.05, 0.1) is 13.0 Å². The topological polar surface area (TPSA) is 51.2 Å². The van der Waals surface area contributed by atoms with Gasteiger partial charge in [-0.05, 0) is 43.2 Å². The van der Waals surface area contributed by atoms with Crippen LogP contribution < -0.4 is 10.1 Å². The van der Waals surface area contributed by atoms with E-state index in [-0.39, 0.29) is 5.91 Å². The number of hydrogen-bond acceptors (Lipinski definition) is 3. The molecule has 1 N–H and O–H groups in total. The van der Waals surface area contributed by atoms with E-state index in [1.54, 1.807) is 6.20 Å². The van der Waals surface area contributed by atoms with Gasteiger partial charge in [-0.3, -0.25) is 9.78 Å². The number of hydrogen-bond donors (Lipinski definition) is 1. The van der Waals surface area contributed by atoms with Crippen LogP contribution in [0.4, 0.5) is 0 Å². The average molecular weight is 284 g/mol. The molecule has 2 rings (SSSR count). The molecule has 0 saturated carbocycles. The van der Waals surface area contributed by atoms with Crippen LogP contribution >= 0.6 is 0 Å². The second-order valence-corrected chi connectivity index (χ2v) is 5.00. The zero-order chi connectivity index (χ0) is 15.1. The third-order valence-electron chi connectivity index (χ3n) is 3.02. The summed E-state index contributed by atoms with van der Waals surface area (Å²) in [6, 6.07) is 11.7. The summed E-state index contributed by atoms with van der Waals surface area (Å²) in [4.78, 5) is 15.9. The first-order valence-corrected chi connectivity index (χ1v) is 7.01. The third kappa shape index (κ3) is 5.26. The van der Waals surface area contributed by atoms with Gasteiger partial charge in [-0.25, -0.2) is 0 Å². The van der Waals surface area contributed by atoms with E-state index in [1.807, 2.05) is 50.2 Å². The molecular formula is C17H20N2O2. The Bertz CT molecular complexity index is 594. The molecule has 4 nitrogen and oxygen atoms in total. The lowest BCUT2D eigenvalue weighted by molar-refractivity contribution is -0.120. The van der Waals surface area contributed by atoms with Crippen molar-refractivity contribution >= 4 is 5.91 Å². The van der Waals surface area contributed by atoms with Crippen molar-refractivity contribution in [2.24, 2.45) is 0 Å². The first kappa shape index (κ1) is 15.0. The summed E-state index contributed by atoms with van der Waals surface area (Å²) in [5, 5.41) is 2.84. The molecule has 0 unspecified atom stereocenters. The molecule has 1 aromatic carbocycles. The number of benzene rings is 1. The van der Waals surface area contributed by atoms with Gasteiger partial charge in [-0.1, -0.05) is 18.2 Å². The number of pyridine rings is 1. The number of amides is 1. The van der Waals surface area contributed by atoms with Gasteiger partial charge in [-0.2, -0.15) is 0 Å². The quantitative estimate of drug-likeness (QED) is 0.829. The molecule has 4 heteroatoms. The van der Waals surface area contributed by atoms with Crippen molar-refractivity contribution in [3.63, 3.8) is 0 Å². The van der Waals surface area contributed by atoms with Crippen molar-refractivity contribution in [1.82, 2.24) is 10.3 Å². The fraction of sp³-hybridized carbons (Fsp3) is 0.294. The number of rotatable bonds is 6. The van der Waals surface area contributed by atoms with Crippen molar-refractivity contribution in [3.8, 4) is 5.75 Å². The van der Waals surface area contributed by atoms with Crippen LogP contribution in [0.25, 0.3) is 0 Å². The summed E-state index contributed by atoms with van der Waals surface area (Å²) in [6.07, 6.45) is 2.08. The molecule has 0 bridgehead atoms. The van der Waals surface area contributed by atoms with E-state index < -0.39 is 0 Å². The molecule has 0 aliphatic carbocycles. The maximum atomic E-state index is 11.8. The minimum Gasteiger partial charge on any atom is -0.492 e. The molecule has 0 fully saturated rings. The number of carbonyl (C=O) groups excluding carboxylic acids is 1. The maximum absolute atomic E-state index is 11.8. The molecule has 0 aliphatic heterocycles. The van der Waals surface area contributed by atoms with Gasteiger partial charge >= 0.3 is 0 Å². The molecule has 0 aliphatic rings. The molecule has 0 spiro atoms. The Kier molecular flexibility index (Phi) is 5.32. The van der Waals surface area contributed by atoms with Crippen LogP contribution in [0.15, 0.2) is 42.6 Å². The predicted molar refractivity (Wildman–Crippen MR) is 82.4 cm³/mol. The number of aromatic nitrogens is 1. The first-order chi connectivity index (χ1) is 10.1. The minimum absolute atomic E-state index is 0.0199. The van der Waals surface area contributed by atoms with Crippen LogP contribution in [0.1, 0.15) is 16.8 Å². The number of carbonyl (C=O) groups is 1. The largest absolute Gasteiger partial charge is 0.492 e. The van der Waals surface area contributed by atoms with Crippen molar-refractivity contribution < 1.29 is 9.53 Å². The lowest BCUT2D eigenvalue weighted by Crippen LogP contribution is -2.29. The zero-order valence-electron chi connectivity index (χ0n) is 12.4. The number of nitrogens with zero attached hydrogens (tertiary/aromatic N) is 1. The Hall–Kier alpha value is -2.36. The number of nitrogens with one attached hydrogen (secondary N) is 1. The van der Waals surface area contributed by atoms with Gasteiger partial charge in [0.15, 0.2) is 0 Å². The van der Waals surface area contributed by atoms with Crippen molar-refractivity contribution in [2.45, 2.75) is 20.3 Å². The predicted octanol–water partition coefficient (Wildman–Crippen LogP) is 2.44. The van der Waals surface area contributed by atoms with Crippen LogP contribution in [0.5, 0.6) is 5.75 Å². The van der Waals surface area contributed by atoms with E-state index in [1.165, 1.54) is 0 Å². The van der Waals surface area contributed by atoms with Crippen LogP contribution in [0.3, 0.4) is 0 Å². The Balaban J connectivity index is 1.68. The van der Waals surface area contributed by atoms with Crippen LogP contribution in [-0.2, 0) is 11.2 Å². The van der Waals surface area contributed by atoms with Gasteiger partial charge in [0.25, 0.3) is 0 Å². The second kappa shape index (κ2) is 7.43. The van der Waals surface area contributed by atoms with Gasteiger partial charge in [0, 0.05) is 11.9 Å². The molecule has 0 radical (unpaired) electrons. The Labute approximate surface area is 125 Å². The fourth-order valence-electron chi connectivity index (χ4n) is 1.92. The summed E-state index contributed by atoms with van der Waals surface area (Å²) in [5.41, 5.74) is 3.02. The molecule has 110 valence electrons. The third-order valence-corrected chi connectivity index (χ3v) is 3.02. The van der Waals surface area contributed by atoms with Crippen LogP contribution in [0.2, 0.25) is 0 Å². The molecular weight excluding hydrogens is 264 g/mol. The average Bonchev–Trinajstić information content (AvgIpc) is 2.46. The first-order valence-electron chi connectivity index (χ1n) is 7.01. The van der Waals surface area contributed by atoms with Gasteiger partial charge in [-0.15, -0.1) is 0 Å². The molecule has 0 saturated heterocycles. The Morgan fingerprint density at radius 3 is 2.81 bits per heavy atom. The van der Waals surface area contributed by atoms with E-state index in [2.05, 4.69) is 10.3 Å². The smallest absolute Gasteiger partial charge is 0.224 e. The monoisotopic (exact) mass is 284 g/mol. The van der Waals surface area contributed by atoms with Crippen molar-refractivity contribution in [3.05, 3.63) is 59.4 Å². The summed E-state index contributed by atoms with van der Waals surface area (Å²) in [6.45, 7) is 4.89. The highest BCUT2D eigenvalue weighted by Crippen LogP contribution is 2.11. The van der Waals surface area contributed by atoms with Crippen LogP contribution in [-0.4, -0.2) is 24.0 Å². The highest BCUT2D eigenvalue weighted by atomic mass is 16.5. The van der Waals surface area contributed by atoms with E-state index in [0.717, 1.165) is 22.6 Å². The molecule has 2 aromatic rings. The summed E-state index contributed by atoms with van der Waals surface area (Å²) < 4.78 is 5.58. The van der Waals surface area contributed by atoms with E-state index in [9.17, 15) is 4.79 Å². The standard InChI is InChI=1S/C17H20N2O2/c1-13-4-3-5-16(10-13)21-9-8-18-17(20)11-15-7-6-14(2)19-12-15/h3-7,10,12H,8-9,11H2,1-2H3,(H,18,20). The normalized spacial score (nSPS) is 10.2. The summed E-state index contributed by atoms with van der Waals surface area (Å²) >= 11 is 0. The Morgan fingerprint density at radius 2 is 2.10 bits per heavy atom.